The van der Waals surface area contributed by atoms with E-state index in [1.807, 2.05) is 11.3 Å². The van der Waals surface area contributed by atoms with Gasteiger partial charge in [-0.05, 0) is 85.0 Å². The van der Waals surface area contributed by atoms with E-state index in [1.54, 1.807) is 0 Å². The standard InChI is InChI=1S/C23H32N2OS/c26-23(7-6-19-4-2-1-3-5-19)20-8-12-24(13-9-20)18-25-14-10-21(16-25)22-11-15-27-17-22/h1-5,11,15,17,20-21,23,26H,6-10,12-14,16,18H2. The van der Waals surface area contributed by atoms with Crippen molar-refractivity contribution >= 4 is 11.3 Å². The molecule has 146 valence electrons. The third-order valence-corrected chi connectivity index (χ3v) is 7.14. The molecule has 2 unspecified atom stereocenters. The number of nitrogens with zero attached hydrogens (tertiary/aromatic N) is 2. The minimum atomic E-state index is -0.151. The van der Waals surface area contributed by atoms with Crippen molar-refractivity contribution in [2.75, 3.05) is 32.8 Å². The van der Waals surface area contributed by atoms with Crippen LogP contribution >= 0.6 is 11.3 Å². The fourth-order valence-corrected chi connectivity index (χ4v) is 5.44. The van der Waals surface area contributed by atoms with Gasteiger partial charge in [-0.3, -0.25) is 9.80 Å². The summed E-state index contributed by atoms with van der Waals surface area (Å²) in [5.74, 6) is 1.20. The Labute approximate surface area is 167 Å². The Bertz CT molecular complexity index is 667. The summed E-state index contributed by atoms with van der Waals surface area (Å²) in [6, 6.07) is 12.8. The van der Waals surface area contributed by atoms with Crippen LogP contribution in [0.3, 0.4) is 0 Å². The number of hydrogen-bond acceptors (Lipinski definition) is 4. The summed E-state index contributed by atoms with van der Waals surface area (Å²) in [4.78, 5) is 5.21. The third kappa shape index (κ3) is 5.20. The van der Waals surface area contributed by atoms with Crippen LogP contribution in [0.15, 0.2) is 47.2 Å². The molecule has 2 atom stereocenters. The average molecular weight is 385 g/mol. The zero-order chi connectivity index (χ0) is 18.5. The van der Waals surface area contributed by atoms with E-state index in [-0.39, 0.29) is 6.10 Å². The van der Waals surface area contributed by atoms with Crippen molar-refractivity contribution in [3.05, 3.63) is 58.3 Å². The van der Waals surface area contributed by atoms with Gasteiger partial charge in [-0.25, -0.2) is 0 Å². The van der Waals surface area contributed by atoms with E-state index in [0.717, 1.165) is 51.4 Å². The minimum absolute atomic E-state index is 0.151. The minimum Gasteiger partial charge on any atom is -0.393 e. The van der Waals surface area contributed by atoms with Gasteiger partial charge >= 0.3 is 0 Å². The number of likely N-dealkylation sites (tertiary alicyclic amines) is 2. The second kappa shape index (κ2) is 9.33. The Morgan fingerprint density at radius 1 is 1.00 bits per heavy atom. The molecule has 0 saturated carbocycles. The van der Waals surface area contributed by atoms with Crippen molar-refractivity contribution in [1.82, 2.24) is 9.80 Å². The number of thiophene rings is 1. The first-order valence-electron chi connectivity index (χ1n) is 10.5. The molecule has 1 N–H and O–H groups in total. The van der Waals surface area contributed by atoms with Gasteiger partial charge < -0.3 is 5.11 Å². The summed E-state index contributed by atoms with van der Waals surface area (Å²) in [7, 11) is 0. The van der Waals surface area contributed by atoms with Crippen LogP contribution in [0.5, 0.6) is 0 Å². The van der Waals surface area contributed by atoms with Crippen molar-refractivity contribution in [2.45, 2.75) is 44.1 Å². The van der Waals surface area contributed by atoms with Crippen molar-refractivity contribution in [3.63, 3.8) is 0 Å². The predicted molar refractivity (Wildman–Crippen MR) is 113 cm³/mol. The summed E-state index contributed by atoms with van der Waals surface area (Å²) >= 11 is 1.82. The highest BCUT2D eigenvalue weighted by molar-refractivity contribution is 7.07. The van der Waals surface area contributed by atoms with Gasteiger partial charge in [-0.1, -0.05) is 30.3 Å². The van der Waals surface area contributed by atoms with Crippen LogP contribution in [0.1, 0.15) is 42.7 Å². The second-order valence-corrected chi connectivity index (χ2v) is 9.09. The lowest BCUT2D eigenvalue weighted by atomic mass is 9.88. The molecule has 4 rings (SSSR count). The van der Waals surface area contributed by atoms with E-state index < -0.39 is 0 Å². The molecule has 0 bridgehead atoms. The quantitative estimate of drug-likeness (QED) is 0.775. The number of aliphatic hydroxyl groups excluding tert-OH is 1. The van der Waals surface area contributed by atoms with Gasteiger partial charge in [-0.2, -0.15) is 11.3 Å². The van der Waals surface area contributed by atoms with Gasteiger partial charge in [0, 0.05) is 13.1 Å². The highest BCUT2D eigenvalue weighted by Crippen LogP contribution is 2.29. The molecule has 1 aromatic carbocycles. The molecule has 27 heavy (non-hydrogen) atoms. The van der Waals surface area contributed by atoms with Crippen LogP contribution in [-0.2, 0) is 6.42 Å². The van der Waals surface area contributed by atoms with E-state index >= 15 is 0 Å². The summed E-state index contributed by atoms with van der Waals surface area (Å²) in [5, 5.41) is 15.1. The van der Waals surface area contributed by atoms with Gasteiger partial charge in [0.1, 0.15) is 0 Å². The predicted octanol–water partition coefficient (Wildman–Crippen LogP) is 4.20. The number of aliphatic hydroxyl groups is 1. The molecule has 0 aliphatic carbocycles. The zero-order valence-electron chi connectivity index (χ0n) is 16.2. The SMILES string of the molecule is OC(CCc1ccccc1)C1CCN(CN2CCC(c3ccsc3)C2)CC1. The van der Waals surface area contributed by atoms with Crippen LogP contribution in [0.4, 0.5) is 0 Å². The molecule has 1 aromatic heterocycles. The Kier molecular flexibility index (Phi) is 6.61. The van der Waals surface area contributed by atoms with Gasteiger partial charge in [-0.15, -0.1) is 0 Å². The molecule has 2 aliphatic heterocycles. The molecule has 2 saturated heterocycles. The molecule has 0 radical (unpaired) electrons. The third-order valence-electron chi connectivity index (χ3n) is 6.43. The highest BCUT2D eigenvalue weighted by Gasteiger charge is 2.29. The van der Waals surface area contributed by atoms with E-state index in [0.29, 0.717) is 5.92 Å². The molecule has 3 heterocycles. The molecule has 2 aromatic rings. The first kappa shape index (κ1) is 19.1. The maximum atomic E-state index is 10.6. The summed E-state index contributed by atoms with van der Waals surface area (Å²) in [6.45, 7) is 5.79. The lowest BCUT2D eigenvalue weighted by molar-refractivity contribution is 0.0381. The Morgan fingerprint density at radius 2 is 1.78 bits per heavy atom. The summed E-state index contributed by atoms with van der Waals surface area (Å²) in [6.07, 6.45) is 5.30. The van der Waals surface area contributed by atoms with Crippen LogP contribution in [0.25, 0.3) is 0 Å². The molecular weight excluding hydrogens is 352 g/mol. The number of aryl methyl sites for hydroxylation is 1. The first-order valence-corrected chi connectivity index (χ1v) is 11.4. The smallest absolute Gasteiger partial charge is 0.0572 e. The molecule has 0 spiro atoms. The van der Waals surface area contributed by atoms with Crippen molar-refractivity contribution < 1.29 is 5.11 Å². The van der Waals surface area contributed by atoms with Gasteiger partial charge in [0.2, 0.25) is 0 Å². The van der Waals surface area contributed by atoms with Crippen molar-refractivity contribution in [3.8, 4) is 0 Å². The Balaban J connectivity index is 1.17. The lowest BCUT2D eigenvalue weighted by Crippen LogP contribution is -2.43. The fraction of sp³-hybridized carbons (Fsp3) is 0.565. The summed E-state index contributed by atoms with van der Waals surface area (Å²) < 4.78 is 0. The topological polar surface area (TPSA) is 26.7 Å². The monoisotopic (exact) mass is 384 g/mol. The van der Waals surface area contributed by atoms with Crippen molar-refractivity contribution in [1.29, 1.82) is 0 Å². The normalized spacial score (nSPS) is 23.7. The number of hydrogen-bond donors (Lipinski definition) is 1. The molecule has 4 heteroatoms. The van der Waals surface area contributed by atoms with Crippen LogP contribution in [-0.4, -0.2) is 53.9 Å². The summed E-state index contributed by atoms with van der Waals surface area (Å²) in [5.41, 5.74) is 2.87. The molecule has 2 aliphatic rings. The maximum Gasteiger partial charge on any atom is 0.0572 e. The fourth-order valence-electron chi connectivity index (χ4n) is 4.70. The molecule has 2 fully saturated rings. The van der Waals surface area contributed by atoms with E-state index in [2.05, 4.69) is 57.0 Å². The van der Waals surface area contributed by atoms with Gasteiger partial charge in [0.05, 0.1) is 12.8 Å². The first-order chi connectivity index (χ1) is 13.3. The van der Waals surface area contributed by atoms with E-state index in [1.165, 1.54) is 30.6 Å². The Morgan fingerprint density at radius 3 is 2.52 bits per heavy atom. The largest absolute Gasteiger partial charge is 0.393 e. The molecule has 0 amide bonds. The number of benzene rings is 1. The average Bonchev–Trinajstić information content (AvgIpc) is 3.39. The van der Waals surface area contributed by atoms with Gasteiger partial charge in [0.25, 0.3) is 0 Å². The van der Waals surface area contributed by atoms with Crippen LogP contribution < -0.4 is 0 Å². The van der Waals surface area contributed by atoms with Crippen LogP contribution in [0, 0.1) is 5.92 Å². The zero-order valence-corrected chi connectivity index (χ0v) is 17.0. The number of piperidine rings is 1. The Hall–Kier alpha value is -1.20. The highest BCUT2D eigenvalue weighted by atomic mass is 32.1. The lowest BCUT2D eigenvalue weighted by Gasteiger charge is -2.36. The molecule has 3 nitrogen and oxygen atoms in total. The molecular formula is C23H32N2OS. The maximum absolute atomic E-state index is 10.6. The van der Waals surface area contributed by atoms with Gasteiger partial charge in [0.15, 0.2) is 0 Å². The van der Waals surface area contributed by atoms with E-state index in [9.17, 15) is 5.11 Å². The van der Waals surface area contributed by atoms with Crippen molar-refractivity contribution in [2.24, 2.45) is 5.92 Å². The van der Waals surface area contributed by atoms with E-state index in [4.69, 9.17) is 0 Å². The number of rotatable bonds is 7. The second-order valence-electron chi connectivity index (χ2n) is 8.31. The van der Waals surface area contributed by atoms with Crippen LogP contribution in [0.2, 0.25) is 0 Å².